The highest BCUT2D eigenvalue weighted by atomic mass is 127. The zero-order valence-corrected chi connectivity index (χ0v) is 19.8. The quantitative estimate of drug-likeness (QED) is 0.107. The number of nitro groups is 1. The maximum atomic E-state index is 12.3. The Morgan fingerprint density at radius 1 is 1.34 bits per heavy atom. The fourth-order valence-electron chi connectivity index (χ4n) is 3.19. The van der Waals surface area contributed by atoms with Crippen molar-refractivity contribution in [2.45, 2.75) is 30.7 Å². The van der Waals surface area contributed by atoms with Gasteiger partial charge in [-0.25, -0.2) is 13.1 Å². The number of benzene rings is 1. The van der Waals surface area contributed by atoms with E-state index in [0.717, 1.165) is 32.1 Å². The van der Waals surface area contributed by atoms with Crippen LogP contribution in [0.2, 0.25) is 0 Å². The van der Waals surface area contributed by atoms with Gasteiger partial charge in [-0.1, -0.05) is 13.0 Å². The first kappa shape index (κ1) is 25.5. The molecule has 0 aromatic heterocycles. The second kappa shape index (κ2) is 12.2. The predicted octanol–water partition coefficient (Wildman–Crippen LogP) is 1.14. The molecule has 12 heteroatoms. The minimum atomic E-state index is -3.82. The number of hydrogen-bond acceptors (Lipinski definition) is 6. The van der Waals surface area contributed by atoms with Crippen LogP contribution >= 0.6 is 24.0 Å². The van der Waals surface area contributed by atoms with Gasteiger partial charge in [0.1, 0.15) is 0 Å². The molecular formula is C17H29IN6O4S. The summed E-state index contributed by atoms with van der Waals surface area (Å²) in [6, 6.07) is 5.44. The highest BCUT2D eigenvalue weighted by Gasteiger charge is 2.22. The van der Waals surface area contributed by atoms with Crippen molar-refractivity contribution >= 4 is 45.6 Å². The van der Waals surface area contributed by atoms with Crippen LogP contribution in [0.4, 0.5) is 5.69 Å². The largest absolute Gasteiger partial charge is 0.355 e. The Labute approximate surface area is 188 Å². The molecular weight excluding hydrogens is 511 g/mol. The van der Waals surface area contributed by atoms with Gasteiger partial charge in [0.25, 0.3) is 5.69 Å². The topological polar surface area (TPSA) is 129 Å². The van der Waals surface area contributed by atoms with E-state index in [-0.39, 0.29) is 41.1 Å². The lowest BCUT2D eigenvalue weighted by Crippen LogP contribution is -2.46. The molecule has 29 heavy (non-hydrogen) atoms. The molecule has 3 N–H and O–H groups in total. The highest BCUT2D eigenvalue weighted by Crippen LogP contribution is 2.17. The van der Waals surface area contributed by atoms with Gasteiger partial charge in [0.2, 0.25) is 10.0 Å². The minimum Gasteiger partial charge on any atom is -0.355 e. The average Bonchev–Trinajstić information content (AvgIpc) is 3.15. The number of nitrogens with one attached hydrogen (secondary N) is 3. The van der Waals surface area contributed by atoms with Gasteiger partial charge < -0.3 is 10.6 Å². The van der Waals surface area contributed by atoms with Crippen LogP contribution in [0.3, 0.4) is 0 Å². The third-order valence-corrected chi connectivity index (χ3v) is 6.14. The van der Waals surface area contributed by atoms with Crippen molar-refractivity contribution in [2.24, 2.45) is 4.99 Å². The van der Waals surface area contributed by atoms with E-state index < -0.39 is 14.9 Å². The molecule has 1 unspecified atom stereocenters. The van der Waals surface area contributed by atoms with E-state index in [4.69, 9.17) is 0 Å². The molecule has 1 atom stereocenters. The molecule has 1 aliphatic rings. The highest BCUT2D eigenvalue weighted by molar-refractivity contribution is 14.0. The molecule has 0 bridgehead atoms. The number of likely N-dealkylation sites (N-methyl/N-ethyl adjacent to an activating group) is 1. The van der Waals surface area contributed by atoms with Gasteiger partial charge in [-0.15, -0.1) is 24.0 Å². The van der Waals surface area contributed by atoms with Gasteiger partial charge in [-0.3, -0.25) is 20.0 Å². The molecule has 2 rings (SSSR count). The van der Waals surface area contributed by atoms with Crippen molar-refractivity contribution in [3.63, 3.8) is 0 Å². The summed E-state index contributed by atoms with van der Waals surface area (Å²) in [5.74, 6) is 0.609. The van der Waals surface area contributed by atoms with Gasteiger partial charge in [0.05, 0.1) is 9.82 Å². The van der Waals surface area contributed by atoms with Gasteiger partial charge in [-0.05, 0) is 32.0 Å². The van der Waals surface area contributed by atoms with Crippen molar-refractivity contribution in [1.29, 1.82) is 0 Å². The molecule has 0 spiro atoms. The lowest BCUT2D eigenvalue weighted by atomic mass is 10.2. The van der Waals surface area contributed by atoms with Crippen LogP contribution in [-0.2, 0) is 10.0 Å². The fraction of sp³-hybridized carbons (Fsp3) is 0.588. The van der Waals surface area contributed by atoms with Gasteiger partial charge >= 0.3 is 0 Å². The fourth-order valence-corrected chi connectivity index (χ4v) is 4.26. The Hall–Kier alpha value is -1.51. The molecule has 0 amide bonds. The summed E-state index contributed by atoms with van der Waals surface area (Å²) < 4.78 is 27.0. The Bertz CT molecular complexity index is 805. The van der Waals surface area contributed by atoms with E-state index in [9.17, 15) is 18.5 Å². The third-order valence-electron chi connectivity index (χ3n) is 4.68. The predicted molar refractivity (Wildman–Crippen MR) is 123 cm³/mol. The average molecular weight is 540 g/mol. The number of likely N-dealkylation sites (tertiary alicyclic amines) is 1. The van der Waals surface area contributed by atoms with E-state index in [0.29, 0.717) is 18.5 Å². The maximum absolute atomic E-state index is 12.3. The number of guanidine groups is 1. The van der Waals surface area contributed by atoms with E-state index in [2.05, 4.69) is 32.2 Å². The van der Waals surface area contributed by atoms with E-state index in [1.165, 1.54) is 24.6 Å². The van der Waals surface area contributed by atoms with Crippen molar-refractivity contribution < 1.29 is 13.3 Å². The van der Waals surface area contributed by atoms with E-state index >= 15 is 0 Å². The van der Waals surface area contributed by atoms with Crippen LogP contribution in [0.1, 0.15) is 19.8 Å². The van der Waals surface area contributed by atoms with Crippen LogP contribution in [0, 0.1) is 10.1 Å². The smallest absolute Gasteiger partial charge is 0.270 e. The van der Waals surface area contributed by atoms with E-state index in [1.807, 2.05) is 0 Å². The number of halogens is 1. The van der Waals surface area contributed by atoms with Crippen molar-refractivity contribution in [1.82, 2.24) is 20.3 Å². The van der Waals surface area contributed by atoms with Crippen molar-refractivity contribution in [2.75, 3.05) is 39.8 Å². The molecule has 1 fully saturated rings. The zero-order valence-electron chi connectivity index (χ0n) is 16.6. The summed E-state index contributed by atoms with van der Waals surface area (Å²) in [6.07, 6.45) is 2.35. The molecule has 1 aliphatic heterocycles. The van der Waals surface area contributed by atoms with Crippen LogP contribution in [0.15, 0.2) is 34.2 Å². The minimum absolute atomic E-state index is 0. The van der Waals surface area contributed by atoms with Crippen LogP contribution in [0.5, 0.6) is 0 Å². The summed E-state index contributed by atoms with van der Waals surface area (Å²) in [4.78, 5) is 16.6. The third kappa shape index (κ3) is 7.68. The first-order valence-corrected chi connectivity index (χ1v) is 10.8. The molecule has 164 valence electrons. The standard InChI is InChI=1S/C17H28N6O4S.HI/c1-3-22-11-5-7-15(22)13-20-17(18-2)19-9-10-21-28(26,27)16-8-4-6-14(12-16)23(24)25;/h4,6,8,12,15,21H,3,5,7,9-11,13H2,1-2H3,(H2,18,19,20);1H. The van der Waals surface area contributed by atoms with E-state index in [1.54, 1.807) is 7.05 Å². The Kier molecular flexibility index (Phi) is 10.8. The number of rotatable bonds is 9. The number of aliphatic imine (C=N–C) groups is 1. The number of non-ortho nitro benzene ring substituents is 1. The number of sulfonamides is 1. The van der Waals surface area contributed by atoms with Crippen LogP contribution in [-0.4, -0.2) is 70.0 Å². The van der Waals surface area contributed by atoms with Crippen LogP contribution < -0.4 is 15.4 Å². The monoisotopic (exact) mass is 540 g/mol. The second-order valence-electron chi connectivity index (χ2n) is 6.46. The summed E-state index contributed by atoms with van der Waals surface area (Å²) in [5, 5.41) is 17.1. The maximum Gasteiger partial charge on any atom is 0.270 e. The molecule has 0 radical (unpaired) electrons. The number of nitro benzene ring substituents is 1. The molecule has 1 aromatic rings. The SMILES string of the molecule is CCN1CCCC1CNC(=NC)NCCNS(=O)(=O)c1cccc([N+](=O)[O-])c1.I. The molecule has 10 nitrogen and oxygen atoms in total. The molecule has 1 aromatic carbocycles. The summed E-state index contributed by atoms with van der Waals surface area (Å²) >= 11 is 0. The number of hydrogen-bond donors (Lipinski definition) is 3. The molecule has 1 heterocycles. The second-order valence-corrected chi connectivity index (χ2v) is 8.22. The van der Waals surface area contributed by atoms with Crippen molar-refractivity contribution in [3.05, 3.63) is 34.4 Å². The lowest BCUT2D eigenvalue weighted by Gasteiger charge is -2.24. The Balaban J connectivity index is 0.00000420. The van der Waals surface area contributed by atoms with Gasteiger partial charge in [0.15, 0.2) is 5.96 Å². The number of nitrogens with zero attached hydrogens (tertiary/aromatic N) is 3. The van der Waals surface area contributed by atoms with Gasteiger partial charge in [-0.2, -0.15) is 0 Å². The summed E-state index contributed by atoms with van der Waals surface area (Å²) in [6.45, 7) is 5.53. The molecule has 0 saturated carbocycles. The lowest BCUT2D eigenvalue weighted by molar-refractivity contribution is -0.385. The Morgan fingerprint density at radius 2 is 2.10 bits per heavy atom. The molecule has 1 saturated heterocycles. The van der Waals surface area contributed by atoms with Crippen LogP contribution in [0.25, 0.3) is 0 Å². The summed E-state index contributed by atoms with van der Waals surface area (Å²) in [5.41, 5.74) is -0.265. The summed E-state index contributed by atoms with van der Waals surface area (Å²) in [7, 11) is -2.16. The van der Waals surface area contributed by atoms with Gasteiger partial charge in [0, 0.05) is 44.9 Å². The van der Waals surface area contributed by atoms with Crippen molar-refractivity contribution in [3.8, 4) is 0 Å². The Morgan fingerprint density at radius 3 is 2.76 bits per heavy atom. The molecule has 0 aliphatic carbocycles. The zero-order chi connectivity index (χ0) is 20.6. The normalized spacial score (nSPS) is 17.6. The first-order valence-electron chi connectivity index (χ1n) is 9.30. The first-order chi connectivity index (χ1) is 13.4.